The summed E-state index contributed by atoms with van der Waals surface area (Å²) in [5.41, 5.74) is 7.54. The summed E-state index contributed by atoms with van der Waals surface area (Å²) in [6.07, 6.45) is 0.640. The normalized spacial score (nSPS) is 19.6. The van der Waals surface area contributed by atoms with Crippen LogP contribution in [0.3, 0.4) is 0 Å². The number of methoxy groups -OCH3 is 1. The number of halogens is 1. The van der Waals surface area contributed by atoms with E-state index in [0.29, 0.717) is 29.8 Å². The van der Waals surface area contributed by atoms with Crippen molar-refractivity contribution >= 4 is 11.6 Å². The van der Waals surface area contributed by atoms with Gasteiger partial charge in [-0.15, -0.1) is 0 Å². The van der Waals surface area contributed by atoms with Gasteiger partial charge in [-0.2, -0.15) is 0 Å². The van der Waals surface area contributed by atoms with Crippen LogP contribution in [-0.2, 0) is 9.53 Å². The quantitative estimate of drug-likeness (QED) is 0.860. The fourth-order valence-corrected chi connectivity index (χ4v) is 2.30. The van der Waals surface area contributed by atoms with Gasteiger partial charge in [0.1, 0.15) is 5.82 Å². The lowest BCUT2D eigenvalue weighted by atomic mass is 9.94. The summed E-state index contributed by atoms with van der Waals surface area (Å²) in [6.45, 7) is 2.22. The number of nitrogens with two attached hydrogens (primary N) is 1. The van der Waals surface area contributed by atoms with Crippen LogP contribution in [0, 0.1) is 5.82 Å². The summed E-state index contributed by atoms with van der Waals surface area (Å²) in [7, 11) is 1.55. The molecule has 1 aromatic carbocycles. The van der Waals surface area contributed by atoms with E-state index in [-0.39, 0.29) is 17.9 Å². The van der Waals surface area contributed by atoms with E-state index in [2.05, 4.69) is 5.32 Å². The highest BCUT2D eigenvalue weighted by Gasteiger charge is 2.32. The zero-order valence-electron chi connectivity index (χ0n) is 10.5. The fourth-order valence-electron chi connectivity index (χ4n) is 2.30. The Morgan fingerprint density at radius 2 is 2.28 bits per heavy atom. The maximum Gasteiger partial charge on any atom is 0.232 e. The van der Waals surface area contributed by atoms with Crippen molar-refractivity contribution in [2.45, 2.75) is 25.3 Å². The summed E-state index contributed by atoms with van der Waals surface area (Å²) >= 11 is 0. The van der Waals surface area contributed by atoms with Gasteiger partial charge >= 0.3 is 0 Å². The number of benzene rings is 1. The molecule has 0 bridgehead atoms. The van der Waals surface area contributed by atoms with Crippen LogP contribution in [0.1, 0.15) is 36.4 Å². The number of ether oxygens (including phenoxy) is 1. The number of carbonyl (C=O) groups is 1. The molecule has 2 unspecified atom stereocenters. The van der Waals surface area contributed by atoms with Gasteiger partial charge in [-0.25, -0.2) is 4.39 Å². The van der Waals surface area contributed by atoms with Crippen LogP contribution in [-0.4, -0.2) is 19.6 Å². The molecule has 1 aliphatic heterocycles. The Balaban J connectivity index is 2.42. The molecule has 0 aromatic heterocycles. The van der Waals surface area contributed by atoms with E-state index in [1.54, 1.807) is 13.2 Å². The van der Waals surface area contributed by atoms with E-state index >= 15 is 0 Å². The molecule has 1 aliphatic rings. The molecule has 0 aliphatic carbocycles. The Bertz CT molecular complexity index is 476. The number of anilines is 1. The Labute approximate surface area is 105 Å². The van der Waals surface area contributed by atoms with Crippen molar-refractivity contribution in [3.8, 4) is 0 Å². The minimum atomic E-state index is -0.432. The highest BCUT2D eigenvalue weighted by molar-refractivity contribution is 6.03. The maximum atomic E-state index is 13.9. The fraction of sp³-hybridized carbons (Fsp3) is 0.462. The monoisotopic (exact) mass is 252 g/mol. The molecule has 1 aromatic rings. The Kier molecular flexibility index (Phi) is 3.63. The number of amides is 1. The highest BCUT2D eigenvalue weighted by atomic mass is 19.1. The van der Waals surface area contributed by atoms with Gasteiger partial charge in [-0.1, -0.05) is 13.0 Å². The Morgan fingerprint density at radius 3 is 2.89 bits per heavy atom. The van der Waals surface area contributed by atoms with E-state index in [1.165, 1.54) is 6.07 Å². The smallest absolute Gasteiger partial charge is 0.232 e. The molecular weight excluding hydrogens is 235 g/mol. The van der Waals surface area contributed by atoms with Crippen LogP contribution < -0.4 is 11.1 Å². The molecule has 0 fully saturated rings. The first-order valence-corrected chi connectivity index (χ1v) is 5.97. The summed E-state index contributed by atoms with van der Waals surface area (Å²) in [5.74, 6) is -0.869. The standard InChI is InChI=1S/C13H17FN2O2/c1-3-8-9-4-7(11(15)6-18-2)5-10(14)12(9)16-13(8)17/h4-5,8,11H,3,6,15H2,1-2H3,(H,16,17). The molecule has 0 radical (unpaired) electrons. The second kappa shape index (κ2) is 5.04. The summed E-state index contributed by atoms with van der Waals surface area (Å²) in [4.78, 5) is 11.7. The Hall–Kier alpha value is -1.46. The first-order valence-electron chi connectivity index (χ1n) is 5.97. The number of rotatable bonds is 4. The molecule has 0 spiro atoms. The van der Waals surface area contributed by atoms with Gasteiger partial charge in [0, 0.05) is 7.11 Å². The number of carbonyl (C=O) groups excluding carboxylic acids is 1. The van der Waals surface area contributed by atoms with Gasteiger partial charge in [-0.3, -0.25) is 4.79 Å². The third kappa shape index (κ3) is 2.11. The molecule has 0 saturated carbocycles. The molecule has 2 rings (SSSR count). The molecule has 3 N–H and O–H groups in total. The summed E-state index contributed by atoms with van der Waals surface area (Å²) < 4.78 is 18.9. The average Bonchev–Trinajstić information content (AvgIpc) is 2.65. The van der Waals surface area contributed by atoms with Crippen LogP contribution in [0.4, 0.5) is 10.1 Å². The van der Waals surface area contributed by atoms with Gasteiger partial charge in [-0.05, 0) is 23.6 Å². The Morgan fingerprint density at radius 1 is 1.56 bits per heavy atom. The SMILES string of the molecule is CCC1C(=O)Nc2c(F)cc(C(N)COC)cc21. The van der Waals surface area contributed by atoms with Crippen molar-refractivity contribution in [2.24, 2.45) is 5.73 Å². The molecule has 5 heteroatoms. The number of hydrogen-bond donors (Lipinski definition) is 2. The zero-order valence-corrected chi connectivity index (χ0v) is 10.5. The third-order valence-electron chi connectivity index (χ3n) is 3.27. The first kappa shape index (κ1) is 13.0. The van der Waals surface area contributed by atoms with E-state index in [1.807, 2.05) is 6.92 Å². The summed E-state index contributed by atoms with van der Waals surface area (Å²) in [5, 5.41) is 2.58. The lowest BCUT2D eigenvalue weighted by molar-refractivity contribution is -0.117. The van der Waals surface area contributed by atoms with Gasteiger partial charge < -0.3 is 15.8 Å². The average molecular weight is 252 g/mol. The minimum absolute atomic E-state index is 0.149. The van der Waals surface area contributed by atoms with E-state index in [0.717, 1.165) is 0 Å². The van der Waals surface area contributed by atoms with Crippen LogP contribution >= 0.6 is 0 Å². The predicted octanol–water partition coefficient (Wildman–Crippen LogP) is 1.92. The maximum absolute atomic E-state index is 13.9. The van der Waals surface area contributed by atoms with Crippen molar-refractivity contribution in [2.75, 3.05) is 19.0 Å². The second-order valence-corrected chi connectivity index (χ2v) is 4.48. The van der Waals surface area contributed by atoms with Crippen LogP contribution in [0.25, 0.3) is 0 Å². The number of nitrogens with one attached hydrogen (secondary N) is 1. The zero-order chi connectivity index (χ0) is 13.3. The van der Waals surface area contributed by atoms with Crippen molar-refractivity contribution in [1.82, 2.24) is 0 Å². The van der Waals surface area contributed by atoms with Crippen molar-refractivity contribution in [1.29, 1.82) is 0 Å². The van der Waals surface area contributed by atoms with Gasteiger partial charge in [0.25, 0.3) is 0 Å². The van der Waals surface area contributed by atoms with Gasteiger partial charge in [0.2, 0.25) is 5.91 Å². The molecule has 0 saturated heterocycles. The van der Waals surface area contributed by atoms with Crippen molar-refractivity contribution in [3.05, 3.63) is 29.1 Å². The minimum Gasteiger partial charge on any atom is -0.383 e. The van der Waals surface area contributed by atoms with Crippen LogP contribution in [0.15, 0.2) is 12.1 Å². The van der Waals surface area contributed by atoms with E-state index in [4.69, 9.17) is 10.5 Å². The van der Waals surface area contributed by atoms with Crippen LogP contribution in [0.2, 0.25) is 0 Å². The van der Waals surface area contributed by atoms with Crippen molar-refractivity contribution in [3.63, 3.8) is 0 Å². The first-order chi connectivity index (χ1) is 8.58. The lowest BCUT2D eigenvalue weighted by Crippen LogP contribution is -2.16. The highest BCUT2D eigenvalue weighted by Crippen LogP contribution is 2.38. The molecule has 2 atom stereocenters. The third-order valence-corrected chi connectivity index (χ3v) is 3.27. The molecular formula is C13H17FN2O2. The molecule has 1 amide bonds. The number of hydrogen-bond acceptors (Lipinski definition) is 3. The predicted molar refractivity (Wildman–Crippen MR) is 66.9 cm³/mol. The van der Waals surface area contributed by atoms with Crippen molar-refractivity contribution < 1.29 is 13.9 Å². The summed E-state index contributed by atoms with van der Waals surface area (Å²) in [6, 6.07) is 2.78. The molecule has 18 heavy (non-hydrogen) atoms. The van der Waals surface area contributed by atoms with E-state index in [9.17, 15) is 9.18 Å². The van der Waals surface area contributed by atoms with Gasteiger partial charge in [0.05, 0.1) is 24.3 Å². The molecule has 1 heterocycles. The topological polar surface area (TPSA) is 64.4 Å². The number of fused-ring (bicyclic) bond motifs is 1. The lowest BCUT2D eigenvalue weighted by Gasteiger charge is -2.14. The molecule has 98 valence electrons. The second-order valence-electron chi connectivity index (χ2n) is 4.48. The van der Waals surface area contributed by atoms with Crippen LogP contribution in [0.5, 0.6) is 0 Å². The molecule has 4 nitrogen and oxygen atoms in total. The van der Waals surface area contributed by atoms with E-state index < -0.39 is 5.82 Å². The largest absolute Gasteiger partial charge is 0.383 e. The van der Waals surface area contributed by atoms with Gasteiger partial charge in [0.15, 0.2) is 0 Å².